The Labute approximate surface area is 132 Å². The van der Waals surface area contributed by atoms with Crippen molar-refractivity contribution in [3.8, 4) is 0 Å². The summed E-state index contributed by atoms with van der Waals surface area (Å²) in [6.45, 7) is 2.20. The van der Waals surface area contributed by atoms with Gasteiger partial charge in [-0.2, -0.15) is 0 Å². The predicted molar refractivity (Wildman–Crippen MR) is 83.3 cm³/mol. The summed E-state index contributed by atoms with van der Waals surface area (Å²) >= 11 is 2.21. The Hall–Kier alpha value is -1.15. The highest BCUT2D eigenvalue weighted by atomic mass is 127. The molecule has 20 heavy (non-hydrogen) atoms. The number of methoxy groups -OCH3 is 1. The van der Waals surface area contributed by atoms with Gasteiger partial charge in [0.15, 0.2) is 0 Å². The van der Waals surface area contributed by atoms with Crippen LogP contribution in [0.2, 0.25) is 0 Å². The molecule has 0 radical (unpaired) electrons. The summed E-state index contributed by atoms with van der Waals surface area (Å²) in [6, 6.07) is 7.05. The lowest BCUT2D eigenvalue weighted by molar-refractivity contribution is -0.145. The van der Waals surface area contributed by atoms with Crippen LogP contribution in [0.5, 0.6) is 0 Å². The molecule has 0 bridgehead atoms. The number of carbonyl (C=O) groups excluding carboxylic acids is 2. The van der Waals surface area contributed by atoms with Crippen LogP contribution in [-0.4, -0.2) is 38.2 Å². The standard InChI is InChI=1S/C14H18INO4/c1-3-20-9-13(17)16-12(14(18)19-2)8-10-4-6-11(15)7-5-10/h4-7,12H,3,8-9H2,1-2H3,(H,16,17)/t12-/m1/s1. The van der Waals surface area contributed by atoms with Gasteiger partial charge in [-0.25, -0.2) is 4.79 Å². The Morgan fingerprint density at radius 2 is 1.95 bits per heavy atom. The highest BCUT2D eigenvalue weighted by Gasteiger charge is 2.21. The second kappa shape index (κ2) is 8.91. The van der Waals surface area contributed by atoms with E-state index in [1.54, 1.807) is 6.92 Å². The molecule has 1 aromatic carbocycles. The molecule has 0 unspecified atom stereocenters. The lowest BCUT2D eigenvalue weighted by Crippen LogP contribution is -2.44. The van der Waals surface area contributed by atoms with Gasteiger partial charge in [-0.05, 0) is 47.2 Å². The second-order valence-electron chi connectivity index (χ2n) is 4.11. The van der Waals surface area contributed by atoms with Gasteiger partial charge < -0.3 is 14.8 Å². The molecule has 6 heteroatoms. The molecule has 0 aliphatic rings. The predicted octanol–water partition coefficient (Wildman–Crippen LogP) is 1.53. The molecular formula is C14H18INO4. The second-order valence-corrected chi connectivity index (χ2v) is 5.36. The van der Waals surface area contributed by atoms with Crippen LogP contribution in [0, 0.1) is 3.57 Å². The minimum absolute atomic E-state index is 0.0588. The maximum absolute atomic E-state index is 11.7. The molecule has 0 aliphatic carbocycles. The van der Waals surface area contributed by atoms with E-state index in [2.05, 4.69) is 27.9 Å². The molecule has 0 heterocycles. The van der Waals surface area contributed by atoms with Crippen LogP contribution in [0.4, 0.5) is 0 Å². The van der Waals surface area contributed by atoms with Gasteiger partial charge in [0.1, 0.15) is 12.6 Å². The van der Waals surface area contributed by atoms with E-state index >= 15 is 0 Å². The molecule has 1 N–H and O–H groups in total. The Balaban J connectivity index is 2.67. The van der Waals surface area contributed by atoms with E-state index in [9.17, 15) is 9.59 Å². The molecule has 0 saturated heterocycles. The van der Waals surface area contributed by atoms with E-state index in [4.69, 9.17) is 9.47 Å². The summed E-state index contributed by atoms with van der Waals surface area (Å²) < 4.78 is 10.8. The van der Waals surface area contributed by atoms with Crippen LogP contribution in [0.3, 0.4) is 0 Å². The van der Waals surface area contributed by atoms with Crippen LogP contribution in [-0.2, 0) is 25.5 Å². The van der Waals surface area contributed by atoms with Crippen LogP contribution >= 0.6 is 22.6 Å². The van der Waals surface area contributed by atoms with Crippen molar-refractivity contribution in [2.75, 3.05) is 20.3 Å². The van der Waals surface area contributed by atoms with Crippen molar-refractivity contribution in [2.24, 2.45) is 0 Å². The Morgan fingerprint density at radius 3 is 2.50 bits per heavy atom. The van der Waals surface area contributed by atoms with Crippen LogP contribution in [0.1, 0.15) is 12.5 Å². The summed E-state index contributed by atoms with van der Waals surface area (Å²) in [4.78, 5) is 23.3. The van der Waals surface area contributed by atoms with E-state index in [0.29, 0.717) is 13.0 Å². The topological polar surface area (TPSA) is 64.6 Å². The van der Waals surface area contributed by atoms with Crippen molar-refractivity contribution >= 4 is 34.5 Å². The normalized spacial score (nSPS) is 11.8. The zero-order valence-corrected chi connectivity index (χ0v) is 13.7. The first-order valence-corrected chi connectivity index (χ1v) is 7.34. The van der Waals surface area contributed by atoms with Gasteiger partial charge in [-0.3, -0.25) is 4.79 Å². The van der Waals surface area contributed by atoms with E-state index in [0.717, 1.165) is 9.13 Å². The summed E-state index contributed by atoms with van der Waals surface area (Å²) in [5.41, 5.74) is 0.956. The average molecular weight is 391 g/mol. The van der Waals surface area contributed by atoms with Crippen LogP contribution < -0.4 is 5.32 Å². The summed E-state index contributed by atoms with van der Waals surface area (Å²) in [5.74, 6) is -0.791. The van der Waals surface area contributed by atoms with Crippen molar-refractivity contribution in [1.82, 2.24) is 5.32 Å². The third-order valence-corrected chi connectivity index (χ3v) is 3.33. The number of hydrogen-bond donors (Lipinski definition) is 1. The van der Waals surface area contributed by atoms with E-state index < -0.39 is 12.0 Å². The lowest BCUT2D eigenvalue weighted by atomic mass is 10.1. The van der Waals surface area contributed by atoms with Gasteiger partial charge in [-0.15, -0.1) is 0 Å². The zero-order valence-electron chi connectivity index (χ0n) is 11.5. The number of halogens is 1. The first kappa shape index (κ1) is 16.9. The fourth-order valence-electron chi connectivity index (χ4n) is 1.62. The number of benzene rings is 1. The maximum atomic E-state index is 11.7. The molecule has 1 aromatic rings. The molecule has 0 aliphatic heterocycles. The molecule has 5 nitrogen and oxygen atoms in total. The number of nitrogens with one attached hydrogen (secondary N) is 1. The molecule has 0 saturated carbocycles. The van der Waals surface area contributed by atoms with Gasteiger partial charge in [0.25, 0.3) is 0 Å². The lowest BCUT2D eigenvalue weighted by Gasteiger charge is -2.16. The minimum Gasteiger partial charge on any atom is -0.467 e. The Kier molecular flexibility index (Phi) is 7.53. The third kappa shape index (κ3) is 5.87. The highest BCUT2D eigenvalue weighted by molar-refractivity contribution is 14.1. The highest BCUT2D eigenvalue weighted by Crippen LogP contribution is 2.09. The number of rotatable bonds is 7. The zero-order chi connectivity index (χ0) is 15.0. The van der Waals surface area contributed by atoms with Gasteiger partial charge >= 0.3 is 5.97 Å². The fraction of sp³-hybridized carbons (Fsp3) is 0.429. The molecule has 110 valence electrons. The molecular weight excluding hydrogens is 373 g/mol. The molecule has 0 fully saturated rings. The quantitative estimate of drug-likeness (QED) is 0.566. The number of ether oxygens (including phenoxy) is 2. The van der Waals surface area contributed by atoms with Gasteiger partial charge in [0.2, 0.25) is 5.91 Å². The number of amides is 1. The van der Waals surface area contributed by atoms with Gasteiger partial charge in [-0.1, -0.05) is 12.1 Å². The summed E-state index contributed by atoms with van der Waals surface area (Å²) in [6.07, 6.45) is 0.390. The SMILES string of the molecule is CCOCC(=O)N[C@H](Cc1ccc(I)cc1)C(=O)OC. The molecule has 1 amide bonds. The largest absolute Gasteiger partial charge is 0.467 e. The first-order valence-electron chi connectivity index (χ1n) is 6.26. The van der Waals surface area contributed by atoms with Gasteiger partial charge in [0, 0.05) is 16.6 Å². The maximum Gasteiger partial charge on any atom is 0.328 e. The van der Waals surface area contributed by atoms with Crippen molar-refractivity contribution < 1.29 is 19.1 Å². The molecule has 0 aromatic heterocycles. The molecule has 0 spiro atoms. The number of hydrogen-bond acceptors (Lipinski definition) is 4. The minimum atomic E-state index is -0.701. The number of esters is 1. The number of carbonyl (C=O) groups is 2. The molecule has 1 atom stereocenters. The van der Waals surface area contributed by atoms with E-state index in [1.807, 2.05) is 24.3 Å². The van der Waals surface area contributed by atoms with Crippen molar-refractivity contribution in [1.29, 1.82) is 0 Å². The van der Waals surface area contributed by atoms with Crippen molar-refractivity contribution in [3.05, 3.63) is 33.4 Å². The average Bonchev–Trinajstić information content (AvgIpc) is 2.45. The summed E-state index contributed by atoms with van der Waals surface area (Å²) in [5, 5.41) is 2.63. The van der Waals surface area contributed by atoms with Gasteiger partial charge in [0.05, 0.1) is 7.11 Å². The van der Waals surface area contributed by atoms with Crippen LogP contribution in [0.25, 0.3) is 0 Å². The first-order chi connectivity index (χ1) is 9.56. The fourth-order valence-corrected chi connectivity index (χ4v) is 1.98. The monoisotopic (exact) mass is 391 g/mol. The third-order valence-electron chi connectivity index (χ3n) is 2.61. The Morgan fingerprint density at radius 1 is 1.30 bits per heavy atom. The van der Waals surface area contributed by atoms with E-state index in [-0.39, 0.29) is 12.5 Å². The summed E-state index contributed by atoms with van der Waals surface area (Å²) in [7, 11) is 1.30. The Bertz CT molecular complexity index is 447. The molecule has 1 rings (SSSR count). The van der Waals surface area contributed by atoms with Crippen LogP contribution in [0.15, 0.2) is 24.3 Å². The van der Waals surface area contributed by atoms with Crippen molar-refractivity contribution in [3.63, 3.8) is 0 Å². The van der Waals surface area contributed by atoms with Crippen molar-refractivity contribution in [2.45, 2.75) is 19.4 Å². The smallest absolute Gasteiger partial charge is 0.328 e. The van der Waals surface area contributed by atoms with E-state index in [1.165, 1.54) is 7.11 Å².